The lowest BCUT2D eigenvalue weighted by molar-refractivity contribution is 0.0685. The van der Waals surface area contributed by atoms with E-state index < -0.39 is 5.82 Å². The second kappa shape index (κ2) is 8.65. The van der Waals surface area contributed by atoms with Gasteiger partial charge in [-0.25, -0.2) is 4.39 Å². The monoisotopic (exact) mass is 374 g/mol. The van der Waals surface area contributed by atoms with Crippen LogP contribution in [0.15, 0.2) is 42.5 Å². The predicted molar refractivity (Wildman–Crippen MR) is 104 cm³/mol. The van der Waals surface area contributed by atoms with E-state index in [1.165, 1.54) is 6.07 Å². The number of nitrogens with one attached hydrogen (secondary N) is 1. The van der Waals surface area contributed by atoms with Gasteiger partial charge in [0.15, 0.2) is 0 Å². The fourth-order valence-electron chi connectivity index (χ4n) is 3.37. The molecule has 1 heterocycles. The molecule has 3 nitrogen and oxygen atoms in total. The lowest BCUT2D eigenvalue weighted by Gasteiger charge is -2.32. The highest BCUT2D eigenvalue weighted by molar-refractivity contribution is 6.30. The van der Waals surface area contributed by atoms with Crippen molar-refractivity contribution in [3.63, 3.8) is 0 Å². The van der Waals surface area contributed by atoms with Crippen LogP contribution in [0.25, 0.3) is 11.1 Å². The number of halogens is 2. The number of hydrogen-bond donors (Lipinski definition) is 1. The van der Waals surface area contributed by atoms with E-state index in [-0.39, 0.29) is 11.5 Å². The van der Waals surface area contributed by atoms with Crippen molar-refractivity contribution in [1.82, 2.24) is 10.2 Å². The quantitative estimate of drug-likeness (QED) is 0.829. The number of piperidine rings is 1. The van der Waals surface area contributed by atoms with Crippen LogP contribution >= 0.6 is 11.6 Å². The molecular weight excluding hydrogens is 351 g/mol. The Morgan fingerprint density at radius 1 is 1.15 bits per heavy atom. The predicted octanol–water partition coefficient (Wildman–Crippen LogP) is 4.61. The molecule has 0 atom stereocenters. The molecule has 1 fully saturated rings. The molecule has 2 aromatic carbocycles. The number of benzene rings is 2. The fraction of sp³-hybridized carbons (Fsp3) is 0.381. The summed E-state index contributed by atoms with van der Waals surface area (Å²) >= 11 is 5.89. The minimum absolute atomic E-state index is 0.146. The highest BCUT2D eigenvalue weighted by Crippen LogP contribution is 2.25. The molecule has 0 bridgehead atoms. The first-order valence-electron chi connectivity index (χ1n) is 9.14. The summed E-state index contributed by atoms with van der Waals surface area (Å²) in [6, 6.07) is 12.0. The van der Waals surface area contributed by atoms with Gasteiger partial charge in [-0.15, -0.1) is 0 Å². The van der Waals surface area contributed by atoms with E-state index in [9.17, 15) is 9.18 Å². The number of likely N-dealkylation sites (tertiary alicyclic amines) is 1. The molecule has 1 aliphatic heterocycles. The topological polar surface area (TPSA) is 32.3 Å². The molecular formula is C21H24ClFN2O. The van der Waals surface area contributed by atoms with Crippen LogP contribution in [-0.4, -0.2) is 37.0 Å². The zero-order chi connectivity index (χ0) is 18.5. The maximum absolute atomic E-state index is 14.6. The van der Waals surface area contributed by atoms with E-state index in [0.717, 1.165) is 37.1 Å². The Kier molecular flexibility index (Phi) is 6.28. The number of hydrogen-bond acceptors (Lipinski definition) is 2. The SMILES string of the molecule is CCNCC1CCN(C(=O)c2ccc(-c3ccc(Cl)cc3)cc2F)CC1. The largest absolute Gasteiger partial charge is 0.339 e. The molecule has 0 radical (unpaired) electrons. The average molecular weight is 375 g/mol. The van der Waals surface area contributed by atoms with Gasteiger partial charge in [-0.2, -0.15) is 0 Å². The molecule has 3 rings (SSSR count). The molecule has 1 N–H and O–H groups in total. The third-order valence-electron chi connectivity index (χ3n) is 4.96. The van der Waals surface area contributed by atoms with E-state index >= 15 is 0 Å². The molecule has 26 heavy (non-hydrogen) atoms. The Morgan fingerprint density at radius 2 is 1.81 bits per heavy atom. The Morgan fingerprint density at radius 3 is 2.42 bits per heavy atom. The third-order valence-corrected chi connectivity index (χ3v) is 5.21. The van der Waals surface area contributed by atoms with Crippen molar-refractivity contribution in [1.29, 1.82) is 0 Å². The number of carbonyl (C=O) groups excluding carboxylic acids is 1. The minimum Gasteiger partial charge on any atom is -0.339 e. The van der Waals surface area contributed by atoms with Gasteiger partial charge in [0, 0.05) is 18.1 Å². The summed E-state index contributed by atoms with van der Waals surface area (Å²) in [5.74, 6) is -0.0968. The van der Waals surface area contributed by atoms with Crippen LogP contribution in [-0.2, 0) is 0 Å². The van der Waals surface area contributed by atoms with Crippen molar-refractivity contribution in [2.75, 3.05) is 26.2 Å². The number of rotatable bonds is 5. The zero-order valence-corrected chi connectivity index (χ0v) is 15.7. The van der Waals surface area contributed by atoms with Crippen LogP contribution in [0.3, 0.4) is 0 Å². The van der Waals surface area contributed by atoms with Crippen molar-refractivity contribution in [2.24, 2.45) is 5.92 Å². The van der Waals surface area contributed by atoms with Crippen LogP contribution in [0.4, 0.5) is 4.39 Å². The summed E-state index contributed by atoms with van der Waals surface area (Å²) in [4.78, 5) is 14.5. The summed E-state index contributed by atoms with van der Waals surface area (Å²) in [5, 5.41) is 3.99. The smallest absolute Gasteiger partial charge is 0.256 e. The number of nitrogens with zero attached hydrogens (tertiary/aromatic N) is 1. The summed E-state index contributed by atoms with van der Waals surface area (Å²) in [5.41, 5.74) is 1.75. The van der Waals surface area contributed by atoms with Crippen molar-refractivity contribution in [3.8, 4) is 11.1 Å². The normalized spacial score (nSPS) is 15.3. The Bertz CT molecular complexity index is 755. The van der Waals surface area contributed by atoms with Crippen LogP contribution in [0.2, 0.25) is 5.02 Å². The van der Waals surface area contributed by atoms with Crippen molar-refractivity contribution in [2.45, 2.75) is 19.8 Å². The van der Waals surface area contributed by atoms with E-state index in [2.05, 4.69) is 12.2 Å². The maximum atomic E-state index is 14.6. The number of carbonyl (C=O) groups is 1. The van der Waals surface area contributed by atoms with E-state index in [0.29, 0.717) is 24.0 Å². The summed E-state index contributed by atoms with van der Waals surface area (Å²) in [6.45, 7) is 5.42. The first-order valence-corrected chi connectivity index (χ1v) is 9.51. The molecule has 1 amide bonds. The molecule has 0 unspecified atom stereocenters. The minimum atomic E-state index is -0.475. The van der Waals surface area contributed by atoms with Crippen molar-refractivity contribution < 1.29 is 9.18 Å². The molecule has 0 aromatic heterocycles. The van der Waals surface area contributed by atoms with Gasteiger partial charge < -0.3 is 10.2 Å². The van der Waals surface area contributed by atoms with Gasteiger partial charge in [-0.1, -0.05) is 36.7 Å². The van der Waals surface area contributed by atoms with Crippen LogP contribution in [0.1, 0.15) is 30.1 Å². The van der Waals surface area contributed by atoms with Crippen molar-refractivity contribution >= 4 is 17.5 Å². The van der Waals surface area contributed by atoms with E-state index in [1.54, 1.807) is 29.2 Å². The Balaban J connectivity index is 1.68. The van der Waals surface area contributed by atoms with Gasteiger partial charge in [0.05, 0.1) is 5.56 Å². The van der Waals surface area contributed by atoms with Gasteiger partial charge in [0.25, 0.3) is 5.91 Å². The maximum Gasteiger partial charge on any atom is 0.256 e. The highest BCUT2D eigenvalue weighted by Gasteiger charge is 2.25. The second-order valence-electron chi connectivity index (χ2n) is 6.74. The third kappa shape index (κ3) is 4.43. The van der Waals surface area contributed by atoms with Crippen LogP contribution < -0.4 is 5.32 Å². The molecule has 1 saturated heterocycles. The fourth-order valence-corrected chi connectivity index (χ4v) is 3.50. The molecule has 0 spiro atoms. The van der Waals surface area contributed by atoms with Crippen molar-refractivity contribution in [3.05, 3.63) is 58.9 Å². The lowest BCUT2D eigenvalue weighted by Crippen LogP contribution is -2.41. The first kappa shape index (κ1) is 18.9. The number of amides is 1. The van der Waals surface area contributed by atoms with E-state index in [4.69, 9.17) is 11.6 Å². The highest BCUT2D eigenvalue weighted by atomic mass is 35.5. The summed E-state index contributed by atoms with van der Waals surface area (Å²) in [6.07, 6.45) is 1.92. The first-order chi connectivity index (χ1) is 12.6. The molecule has 1 aliphatic rings. The average Bonchev–Trinajstić information content (AvgIpc) is 2.67. The Hall–Kier alpha value is -1.91. The zero-order valence-electron chi connectivity index (χ0n) is 15.0. The molecule has 0 aliphatic carbocycles. The van der Waals surface area contributed by atoms with E-state index in [1.807, 2.05) is 12.1 Å². The van der Waals surface area contributed by atoms with Crippen LogP contribution in [0, 0.1) is 11.7 Å². The van der Waals surface area contributed by atoms with Crippen LogP contribution in [0.5, 0.6) is 0 Å². The Labute approximate surface area is 159 Å². The lowest BCUT2D eigenvalue weighted by atomic mass is 9.96. The standard InChI is InChI=1S/C21H24ClFN2O/c1-2-24-14-15-9-11-25(12-10-15)21(26)19-8-5-17(13-20(19)23)16-3-6-18(22)7-4-16/h3-8,13,15,24H,2,9-12,14H2,1H3. The molecule has 2 aromatic rings. The summed E-state index contributed by atoms with van der Waals surface area (Å²) < 4.78 is 14.6. The second-order valence-corrected chi connectivity index (χ2v) is 7.18. The van der Waals surface area contributed by atoms with Gasteiger partial charge in [0.2, 0.25) is 0 Å². The van der Waals surface area contributed by atoms with Gasteiger partial charge in [0.1, 0.15) is 5.82 Å². The van der Waals surface area contributed by atoms with Gasteiger partial charge >= 0.3 is 0 Å². The summed E-state index contributed by atoms with van der Waals surface area (Å²) in [7, 11) is 0. The van der Waals surface area contributed by atoms with Gasteiger partial charge in [-0.05, 0) is 67.2 Å². The molecule has 138 valence electrons. The van der Waals surface area contributed by atoms with Gasteiger partial charge in [-0.3, -0.25) is 4.79 Å². The molecule has 5 heteroatoms. The molecule has 0 saturated carbocycles.